The molecule has 0 aliphatic carbocycles. The van der Waals surface area contributed by atoms with Gasteiger partial charge in [0, 0.05) is 5.56 Å². The predicted octanol–water partition coefficient (Wildman–Crippen LogP) is 4.98. The van der Waals surface area contributed by atoms with Crippen LogP contribution in [0.25, 0.3) is 22.3 Å². The molecule has 1 aliphatic heterocycles. The van der Waals surface area contributed by atoms with Crippen molar-refractivity contribution < 1.29 is 13.2 Å². The fourth-order valence-corrected chi connectivity index (χ4v) is 6.21. The maximum atomic E-state index is 13.5. The molecule has 9 heteroatoms. The fourth-order valence-electron chi connectivity index (χ4n) is 4.34. The molecule has 1 amide bonds. The van der Waals surface area contributed by atoms with Crippen LogP contribution >= 0.6 is 11.6 Å². The van der Waals surface area contributed by atoms with E-state index in [4.69, 9.17) is 16.6 Å². The number of nitrogens with zero attached hydrogens (tertiary/aromatic N) is 3. The average Bonchev–Trinajstić information content (AvgIpc) is 3.34. The summed E-state index contributed by atoms with van der Waals surface area (Å²) in [5.74, 6) is -0.202. The molecular formula is C25H23ClN4O3S. The molecule has 1 saturated heterocycles. The average molecular weight is 495 g/mol. The highest BCUT2D eigenvalue weighted by Crippen LogP contribution is 2.33. The number of carbonyl (C=O) groups is 1. The molecule has 1 atom stereocenters. The van der Waals surface area contributed by atoms with Crippen molar-refractivity contribution in [3.05, 3.63) is 76.4 Å². The van der Waals surface area contributed by atoms with Crippen LogP contribution in [0.15, 0.2) is 54.6 Å². The van der Waals surface area contributed by atoms with E-state index in [0.717, 1.165) is 11.1 Å². The van der Waals surface area contributed by atoms with Crippen molar-refractivity contribution in [2.45, 2.75) is 26.3 Å². The summed E-state index contributed by atoms with van der Waals surface area (Å²) in [6, 6.07) is 16.3. The molecule has 1 aliphatic rings. The molecule has 3 heterocycles. The summed E-state index contributed by atoms with van der Waals surface area (Å²) in [5, 5.41) is 8.57. The Morgan fingerprint density at radius 3 is 2.53 bits per heavy atom. The summed E-state index contributed by atoms with van der Waals surface area (Å²) < 4.78 is 26.0. The quantitative estimate of drug-likeness (QED) is 0.431. The Morgan fingerprint density at radius 1 is 1.12 bits per heavy atom. The Morgan fingerprint density at radius 2 is 1.85 bits per heavy atom. The number of sulfone groups is 1. The molecule has 5 rings (SSSR count). The van der Waals surface area contributed by atoms with E-state index in [0.29, 0.717) is 45.1 Å². The van der Waals surface area contributed by atoms with Gasteiger partial charge in [0.1, 0.15) is 0 Å². The Labute approximate surface area is 202 Å². The van der Waals surface area contributed by atoms with Crippen molar-refractivity contribution in [2.75, 3.05) is 16.8 Å². The van der Waals surface area contributed by atoms with Crippen molar-refractivity contribution >= 4 is 44.1 Å². The van der Waals surface area contributed by atoms with Gasteiger partial charge in [-0.2, -0.15) is 5.10 Å². The maximum Gasteiger partial charge on any atom is 0.256 e. The van der Waals surface area contributed by atoms with E-state index < -0.39 is 9.84 Å². The number of hydrogen-bond donors (Lipinski definition) is 1. The number of halogens is 1. The molecule has 0 spiro atoms. The van der Waals surface area contributed by atoms with Gasteiger partial charge in [-0.3, -0.25) is 4.79 Å². The minimum Gasteiger partial charge on any atom is -0.321 e. The Balaban J connectivity index is 1.69. The topological polar surface area (TPSA) is 94.0 Å². The summed E-state index contributed by atoms with van der Waals surface area (Å²) >= 11 is 6.26. The molecule has 174 valence electrons. The molecular weight excluding hydrogens is 472 g/mol. The standard InChI is InChI=1S/C25H23ClN4O3S/c1-15-7-9-17(10-8-15)22-13-19(25(31)28-21-6-4-3-5-20(21)26)23-16(2)29-30(24(23)27-22)18-11-12-34(32,33)14-18/h3-10,13,18H,11-12,14H2,1-2H3,(H,28,31). The van der Waals surface area contributed by atoms with Gasteiger partial charge < -0.3 is 5.32 Å². The number of nitrogens with one attached hydrogen (secondary N) is 1. The van der Waals surface area contributed by atoms with Gasteiger partial charge in [-0.05, 0) is 38.5 Å². The maximum absolute atomic E-state index is 13.5. The number of rotatable bonds is 4. The summed E-state index contributed by atoms with van der Waals surface area (Å²) in [6.07, 6.45) is 0.468. The minimum absolute atomic E-state index is 0.0147. The van der Waals surface area contributed by atoms with Gasteiger partial charge in [0.25, 0.3) is 5.91 Å². The first-order chi connectivity index (χ1) is 16.2. The Bertz CT molecular complexity index is 1530. The molecule has 2 aromatic carbocycles. The van der Waals surface area contributed by atoms with Crippen LogP contribution in [0.5, 0.6) is 0 Å². The summed E-state index contributed by atoms with van der Waals surface area (Å²) in [7, 11) is -3.12. The van der Waals surface area contributed by atoms with Crippen LogP contribution in [0.4, 0.5) is 5.69 Å². The molecule has 0 radical (unpaired) electrons. The van der Waals surface area contributed by atoms with Crippen LogP contribution in [0, 0.1) is 13.8 Å². The molecule has 7 nitrogen and oxygen atoms in total. The van der Waals surface area contributed by atoms with E-state index in [1.807, 2.05) is 38.1 Å². The van der Waals surface area contributed by atoms with E-state index in [-0.39, 0.29) is 23.5 Å². The molecule has 2 aromatic heterocycles. The number of para-hydroxylation sites is 1. The normalized spacial score (nSPS) is 17.2. The van der Waals surface area contributed by atoms with Crippen LogP contribution in [-0.4, -0.2) is 40.6 Å². The summed E-state index contributed by atoms with van der Waals surface area (Å²) in [4.78, 5) is 18.3. The predicted molar refractivity (Wildman–Crippen MR) is 134 cm³/mol. The molecule has 1 N–H and O–H groups in total. The van der Waals surface area contributed by atoms with E-state index in [9.17, 15) is 13.2 Å². The van der Waals surface area contributed by atoms with Crippen LogP contribution in [0.3, 0.4) is 0 Å². The highest BCUT2D eigenvalue weighted by Gasteiger charge is 2.32. The second-order valence-electron chi connectivity index (χ2n) is 8.64. The zero-order chi connectivity index (χ0) is 24.0. The first-order valence-corrected chi connectivity index (χ1v) is 13.1. The third kappa shape index (κ3) is 4.19. The van der Waals surface area contributed by atoms with Gasteiger partial charge in [0.2, 0.25) is 0 Å². The second kappa shape index (κ2) is 8.52. The van der Waals surface area contributed by atoms with Gasteiger partial charge >= 0.3 is 0 Å². The lowest BCUT2D eigenvalue weighted by Crippen LogP contribution is -2.15. The fraction of sp³-hybridized carbons (Fsp3) is 0.240. The van der Waals surface area contributed by atoms with Crippen LogP contribution < -0.4 is 5.32 Å². The highest BCUT2D eigenvalue weighted by molar-refractivity contribution is 7.91. The summed E-state index contributed by atoms with van der Waals surface area (Å²) in [6.45, 7) is 3.81. The minimum atomic E-state index is -3.12. The number of pyridine rings is 1. The largest absolute Gasteiger partial charge is 0.321 e. The number of carbonyl (C=O) groups excluding carboxylic acids is 1. The third-order valence-corrected chi connectivity index (χ3v) is 8.19. The molecule has 1 unspecified atom stereocenters. The SMILES string of the molecule is Cc1ccc(-c2cc(C(=O)Nc3ccccc3Cl)c3c(C)nn(C4CCS(=O)(=O)C4)c3n2)cc1. The van der Waals surface area contributed by atoms with Crippen molar-refractivity contribution in [3.8, 4) is 11.3 Å². The van der Waals surface area contributed by atoms with E-state index in [2.05, 4.69) is 10.4 Å². The first kappa shape index (κ1) is 22.6. The number of amides is 1. The second-order valence-corrected chi connectivity index (χ2v) is 11.3. The number of aryl methyl sites for hydroxylation is 2. The van der Waals surface area contributed by atoms with E-state index in [1.165, 1.54) is 0 Å². The van der Waals surface area contributed by atoms with Crippen molar-refractivity contribution in [1.82, 2.24) is 14.8 Å². The number of fused-ring (bicyclic) bond motifs is 1. The van der Waals surface area contributed by atoms with Crippen LogP contribution in [-0.2, 0) is 9.84 Å². The lowest BCUT2D eigenvalue weighted by Gasteiger charge is -2.13. The number of hydrogen-bond acceptors (Lipinski definition) is 5. The van der Waals surface area contributed by atoms with Crippen LogP contribution in [0.1, 0.15) is 34.1 Å². The van der Waals surface area contributed by atoms with Crippen molar-refractivity contribution in [2.24, 2.45) is 0 Å². The molecule has 4 aromatic rings. The number of benzene rings is 2. The summed E-state index contributed by atoms with van der Waals surface area (Å²) in [5.41, 5.74) is 4.60. The smallest absolute Gasteiger partial charge is 0.256 e. The first-order valence-electron chi connectivity index (χ1n) is 10.9. The van der Waals surface area contributed by atoms with Gasteiger partial charge in [0.15, 0.2) is 15.5 Å². The number of aromatic nitrogens is 3. The lowest BCUT2D eigenvalue weighted by atomic mass is 10.0. The zero-order valence-electron chi connectivity index (χ0n) is 18.7. The van der Waals surface area contributed by atoms with Gasteiger partial charge in [-0.25, -0.2) is 18.1 Å². The van der Waals surface area contributed by atoms with Crippen molar-refractivity contribution in [1.29, 1.82) is 0 Å². The molecule has 1 fully saturated rings. The Hall–Kier alpha value is -3.23. The van der Waals surface area contributed by atoms with Crippen molar-refractivity contribution in [3.63, 3.8) is 0 Å². The Kier molecular flexibility index (Phi) is 5.65. The van der Waals surface area contributed by atoms with E-state index >= 15 is 0 Å². The van der Waals surface area contributed by atoms with Gasteiger partial charge in [-0.1, -0.05) is 53.6 Å². The molecule has 0 bridgehead atoms. The third-order valence-electron chi connectivity index (χ3n) is 6.11. The number of anilines is 1. The highest BCUT2D eigenvalue weighted by atomic mass is 35.5. The molecule has 0 saturated carbocycles. The van der Waals surface area contributed by atoms with Gasteiger partial charge in [0.05, 0.1) is 50.6 Å². The monoisotopic (exact) mass is 494 g/mol. The van der Waals surface area contributed by atoms with Crippen LogP contribution in [0.2, 0.25) is 5.02 Å². The van der Waals surface area contributed by atoms with E-state index in [1.54, 1.807) is 35.0 Å². The lowest BCUT2D eigenvalue weighted by molar-refractivity contribution is 0.102. The zero-order valence-corrected chi connectivity index (χ0v) is 20.3. The molecule has 34 heavy (non-hydrogen) atoms. The van der Waals surface area contributed by atoms with Gasteiger partial charge in [-0.15, -0.1) is 0 Å².